The summed E-state index contributed by atoms with van der Waals surface area (Å²) in [5, 5.41) is 0. The molecule has 0 N–H and O–H groups in total. The van der Waals surface area contributed by atoms with Crippen LogP contribution in [0.25, 0.3) is 11.1 Å². The number of para-hydroxylation sites is 3. The van der Waals surface area contributed by atoms with Crippen LogP contribution >= 0.6 is 0 Å². The first kappa shape index (κ1) is 19.3. The highest BCUT2D eigenvalue weighted by Gasteiger charge is 2.62. The van der Waals surface area contributed by atoms with Crippen LogP contribution in [0.2, 0.25) is 0 Å². The molecule has 2 amide bonds. The highest BCUT2D eigenvalue weighted by molar-refractivity contribution is 6.15. The van der Waals surface area contributed by atoms with Gasteiger partial charge in [-0.1, -0.05) is 24.3 Å². The Morgan fingerprint density at radius 3 is 2.68 bits per heavy atom. The Balaban J connectivity index is 1.53. The fourth-order valence-corrected chi connectivity index (χ4v) is 4.60. The van der Waals surface area contributed by atoms with Crippen LogP contribution < -0.4 is 4.90 Å². The maximum Gasteiger partial charge on any atom is 0.354 e. The summed E-state index contributed by atoms with van der Waals surface area (Å²) in [7, 11) is 0. The molecule has 158 valence electrons. The zero-order valence-electron chi connectivity index (χ0n) is 17.2. The van der Waals surface area contributed by atoms with E-state index in [-0.39, 0.29) is 43.2 Å². The Labute approximate surface area is 178 Å². The van der Waals surface area contributed by atoms with Crippen molar-refractivity contribution in [3.63, 3.8) is 0 Å². The maximum atomic E-state index is 13.5. The van der Waals surface area contributed by atoms with Crippen molar-refractivity contribution in [2.75, 3.05) is 4.90 Å². The number of aromatic nitrogens is 1. The minimum Gasteiger partial charge on any atom is -0.453 e. The molecule has 5 rings (SSSR count). The fraction of sp³-hybridized carbons (Fsp3) is 0.304. The highest BCUT2D eigenvalue weighted by Crippen LogP contribution is 2.46. The molecular formula is C23H21N3O5. The zero-order valence-corrected chi connectivity index (χ0v) is 17.2. The average molecular weight is 419 g/mol. The molecule has 2 aromatic carbocycles. The molecule has 2 aliphatic heterocycles. The van der Waals surface area contributed by atoms with Crippen LogP contribution in [0.1, 0.15) is 42.9 Å². The average Bonchev–Trinajstić information content (AvgIpc) is 3.33. The minimum absolute atomic E-state index is 0.142. The quantitative estimate of drug-likeness (QED) is 0.603. The van der Waals surface area contributed by atoms with Crippen LogP contribution in [0.5, 0.6) is 0 Å². The molecule has 8 heteroatoms. The topological polar surface area (TPSA) is 93.0 Å². The highest BCUT2D eigenvalue weighted by atomic mass is 16.5. The van der Waals surface area contributed by atoms with Gasteiger partial charge in [-0.25, -0.2) is 9.78 Å². The van der Waals surface area contributed by atoms with Gasteiger partial charge in [-0.2, -0.15) is 0 Å². The van der Waals surface area contributed by atoms with Crippen LogP contribution in [0, 0.1) is 0 Å². The van der Waals surface area contributed by atoms with Crippen molar-refractivity contribution in [2.24, 2.45) is 0 Å². The van der Waals surface area contributed by atoms with E-state index >= 15 is 0 Å². The number of nitrogens with zero attached hydrogens (tertiary/aromatic N) is 3. The summed E-state index contributed by atoms with van der Waals surface area (Å²) in [6, 6.07) is 13.8. The van der Waals surface area contributed by atoms with E-state index in [1.54, 1.807) is 36.4 Å². The number of carbonyl (C=O) groups excluding carboxylic acids is 3. The Morgan fingerprint density at radius 1 is 1.16 bits per heavy atom. The van der Waals surface area contributed by atoms with E-state index in [0.29, 0.717) is 22.4 Å². The molecule has 1 fully saturated rings. The lowest BCUT2D eigenvalue weighted by molar-refractivity contribution is -0.160. The predicted molar refractivity (Wildman–Crippen MR) is 111 cm³/mol. The normalized spacial score (nSPS) is 20.4. The number of oxazole rings is 1. The molecule has 1 saturated heterocycles. The molecular weight excluding hydrogens is 398 g/mol. The van der Waals surface area contributed by atoms with E-state index in [4.69, 9.17) is 9.15 Å². The molecule has 1 atom stereocenters. The van der Waals surface area contributed by atoms with E-state index < -0.39 is 11.6 Å². The van der Waals surface area contributed by atoms with E-state index in [9.17, 15) is 14.4 Å². The molecule has 3 aromatic rings. The summed E-state index contributed by atoms with van der Waals surface area (Å²) < 4.78 is 11.2. The molecule has 0 aliphatic carbocycles. The maximum absolute atomic E-state index is 13.5. The standard InChI is InChI=1S/C23H21N3O5/c1-14(2)25-21(28)15-7-3-5-9-17(15)26-20(27)11-12-23(25,26)22(29)30-13-19-24-16-8-4-6-10-18(16)31-19/h3-10,14H,11-13H2,1-2H3/t23-/m1/s1. The molecule has 31 heavy (non-hydrogen) atoms. The van der Waals surface area contributed by atoms with Crippen molar-refractivity contribution >= 4 is 34.6 Å². The van der Waals surface area contributed by atoms with Gasteiger partial charge >= 0.3 is 5.97 Å². The number of fused-ring (bicyclic) bond motifs is 4. The van der Waals surface area contributed by atoms with Gasteiger partial charge in [0.25, 0.3) is 5.91 Å². The van der Waals surface area contributed by atoms with Gasteiger partial charge < -0.3 is 14.1 Å². The second-order valence-electron chi connectivity index (χ2n) is 7.98. The number of hydrogen-bond acceptors (Lipinski definition) is 6. The fourth-order valence-electron chi connectivity index (χ4n) is 4.60. The van der Waals surface area contributed by atoms with E-state index in [1.165, 1.54) is 9.80 Å². The molecule has 0 saturated carbocycles. The molecule has 3 heterocycles. The van der Waals surface area contributed by atoms with Gasteiger partial charge in [0.05, 0.1) is 11.3 Å². The van der Waals surface area contributed by atoms with Gasteiger partial charge in [0.15, 0.2) is 12.2 Å². The molecule has 8 nitrogen and oxygen atoms in total. The number of hydrogen-bond donors (Lipinski definition) is 0. The summed E-state index contributed by atoms with van der Waals surface area (Å²) in [5.41, 5.74) is 0.562. The van der Waals surface area contributed by atoms with Crippen molar-refractivity contribution in [1.29, 1.82) is 0 Å². The molecule has 0 radical (unpaired) electrons. The van der Waals surface area contributed by atoms with Gasteiger partial charge in [-0.05, 0) is 38.1 Å². The van der Waals surface area contributed by atoms with E-state index in [0.717, 1.165) is 0 Å². The number of ether oxygens (including phenoxy) is 1. The summed E-state index contributed by atoms with van der Waals surface area (Å²) in [5.74, 6) is -0.933. The van der Waals surface area contributed by atoms with Crippen LogP contribution in [-0.4, -0.2) is 39.4 Å². The largest absolute Gasteiger partial charge is 0.453 e. The van der Waals surface area contributed by atoms with E-state index in [2.05, 4.69) is 4.98 Å². The molecule has 1 aromatic heterocycles. The molecule has 0 spiro atoms. The lowest BCUT2D eigenvalue weighted by atomic mass is 9.95. The van der Waals surface area contributed by atoms with Crippen LogP contribution in [0.4, 0.5) is 5.69 Å². The number of amides is 2. The molecule has 0 bridgehead atoms. The number of esters is 1. The lowest BCUT2D eigenvalue weighted by Gasteiger charge is -2.50. The van der Waals surface area contributed by atoms with Crippen LogP contribution in [0.3, 0.4) is 0 Å². The lowest BCUT2D eigenvalue weighted by Crippen LogP contribution is -2.70. The van der Waals surface area contributed by atoms with Gasteiger partial charge in [0.1, 0.15) is 5.52 Å². The van der Waals surface area contributed by atoms with Crippen LogP contribution in [0.15, 0.2) is 52.9 Å². The number of rotatable bonds is 4. The predicted octanol–water partition coefficient (Wildman–Crippen LogP) is 3.26. The van der Waals surface area contributed by atoms with Crippen molar-refractivity contribution in [3.05, 3.63) is 60.0 Å². The van der Waals surface area contributed by atoms with Crippen molar-refractivity contribution in [2.45, 2.75) is 45.0 Å². The second-order valence-corrected chi connectivity index (χ2v) is 7.98. The minimum atomic E-state index is -1.53. The zero-order chi connectivity index (χ0) is 21.8. The van der Waals surface area contributed by atoms with E-state index in [1.807, 2.05) is 26.0 Å². The van der Waals surface area contributed by atoms with Gasteiger partial charge in [-0.3, -0.25) is 14.5 Å². The Hall–Kier alpha value is -3.68. The van der Waals surface area contributed by atoms with Gasteiger partial charge in [-0.15, -0.1) is 0 Å². The third-order valence-electron chi connectivity index (χ3n) is 5.81. The Morgan fingerprint density at radius 2 is 1.90 bits per heavy atom. The second kappa shape index (κ2) is 6.94. The third-order valence-corrected chi connectivity index (χ3v) is 5.81. The SMILES string of the molecule is CC(C)N1C(=O)c2ccccc2N2C(=O)CC[C@]21C(=O)OCc1nc2ccccc2o1. The Kier molecular flexibility index (Phi) is 4.32. The Bertz CT molecular complexity index is 1180. The smallest absolute Gasteiger partial charge is 0.354 e. The van der Waals surface area contributed by atoms with Gasteiger partial charge in [0.2, 0.25) is 17.5 Å². The van der Waals surface area contributed by atoms with Crippen molar-refractivity contribution < 1.29 is 23.5 Å². The number of carbonyl (C=O) groups is 3. The molecule has 0 unspecified atom stereocenters. The summed E-state index contributed by atoms with van der Waals surface area (Å²) >= 11 is 0. The number of benzene rings is 2. The van der Waals surface area contributed by atoms with Gasteiger partial charge in [0, 0.05) is 18.9 Å². The monoisotopic (exact) mass is 419 g/mol. The first-order valence-electron chi connectivity index (χ1n) is 10.2. The van der Waals surface area contributed by atoms with Crippen molar-refractivity contribution in [3.8, 4) is 0 Å². The van der Waals surface area contributed by atoms with Crippen molar-refractivity contribution in [1.82, 2.24) is 9.88 Å². The summed E-state index contributed by atoms with van der Waals surface area (Å²) in [6.07, 6.45) is 0.305. The summed E-state index contributed by atoms with van der Waals surface area (Å²) in [6.45, 7) is 3.45. The first-order chi connectivity index (χ1) is 14.9. The first-order valence-corrected chi connectivity index (χ1v) is 10.2. The summed E-state index contributed by atoms with van der Waals surface area (Å²) in [4.78, 5) is 47.0. The number of anilines is 1. The molecule has 2 aliphatic rings. The van der Waals surface area contributed by atoms with Crippen LogP contribution in [-0.2, 0) is 20.9 Å². The third kappa shape index (κ3) is 2.74.